The molecule has 0 bridgehead atoms. The second-order valence-electron chi connectivity index (χ2n) is 16.0. The average Bonchev–Trinajstić information content (AvgIpc) is 3.98. The van der Waals surface area contributed by atoms with Crippen LogP contribution in [0.5, 0.6) is 0 Å². The van der Waals surface area contributed by atoms with Gasteiger partial charge in [-0.15, -0.1) is 0 Å². The molecule has 12 aromatic rings. The number of hydrogen-bond donors (Lipinski definition) is 0. The number of benzene rings is 8. The Morgan fingerprint density at radius 1 is 0.371 bits per heavy atom. The van der Waals surface area contributed by atoms with Gasteiger partial charge < -0.3 is 18.3 Å². The summed E-state index contributed by atoms with van der Waals surface area (Å²) in [4.78, 5) is 0. The van der Waals surface area contributed by atoms with Crippen molar-refractivity contribution in [3.63, 3.8) is 0 Å². The highest BCUT2D eigenvalue weighted by molar-refractivity contribution is 6.27. The van der Waals surface area contributed by atoms with Crippen molar-refractivity contribution in [2.75, 3.05) is 0 Å². The number of para-hydroxylation sites is 4. The van der Waals surface area contributed by atoms with Gasteiger partial charge in [0.1, 0.15) is 0 Å². The third-order valence-electron chi connectivity index (χ3n) is 12.8. The van der Waals surface area contributed by atoms with E-state index in [1.54, 1.807) is 0 Å². The highest BCUT2D eigenvalue weighted by atomic mass is 19.4. The molecule has 4 nitrogen and oxygen atoms in total. The third-order valence-corrected chi connectivity index (χ3v) is 12.8. The zero-order chi connectivity index (χ0) is 42.4. The molecule has 0 fully saturated rings. The maximum Gasteiger partial charge on any atom is 0.417 e. The van der Waals surface area contributed by atoms with Crippen molar-refractivity contribution in [3.8, 4) is 22.5 Å². The maximum atomic E-state index is 15.9. The minimum absolute atomic E-state index is 0.199. The van der Waals surface area contributed by atoms with Crippen LogP contribution in [0.1, 0.15) is 11.1 Å². The topological polar surface area (TPSA) is 19.7 Å². The van der Waals surface area contributed by atoms with Gasteiger partial charge in [-0.05, 0) is 71.8 Å². The first-order chi connectivity index (χ1) is 29.9. The predicted octanol–water partition coefficient (Wildman–Crippen LogP) is 14.9. The predicted molar refractivity (Wildman–Crippen MR) is 239 cm³/mol. The van der Waals surface area contributed by atoms with Crippen LogP contribution in [0.25, 0.3) is 110 Å². The van der Waals surface area contributed by atoms with Crippen LogP contribution in [0.4, 0.5) is 26.3 Å². The van der Waals surface area contributed by atoms with Crippen LogP contribution < -0.4 is 0 Å². The number of halogens is 6. The van der Waals surface area contributed by atoms with Crippen molar-refractivity contribution in [1.82, 2.24) is 18.3 Å². The second-order valence-corrected chi connectivity index (χ2v) is 16.0. The molecule has 0 radical (unpaired) electrons. The fraction of sp³-hybridized carbons (Fsp3) is 0.0769. The Hall–Kier alpha value is -7.46. The smallest absolute Gasteiger partial charge is 0.344 e. The SMILES string of the molecule is Cn1c2ccccc2c2c1ccc1c3ccccc3n(-c3cc(-c4cccc(C(F)(F)F)c4)c(C(F)(F)F)cc3-n3c4ccccc4c4ccc5c(c6ccccc6n5C)c43)c12. The van der Waals surface area contributed by atoms with Crippen LogP contribution in [0, 0.1) is 0 Å². The molecule has 62 heavy (non-hydrogen) atoms. The molecular formula is C52H32F6N4. The Bertz CT molecular complexity index is 3870. The lowest BCUT2D eigenvalue weighted by molar-refractivity contribution is -0.137. The van der Waals surface area contributed by atoms with Crippen molar-refractivity contribution in [2.45, 2.75) is 12.4 Å². The molecule has 12 rings (SSSR count). The van der Waals surface area contributed by atoms with Crippen molar-refractivity contribution < 1.29 is 26.3 Å². The number of fused-ring (bicyclic) bond motifs is 14. The molecule has 4 aromatic heterocycles. The molecule has 0 spiro atoms. The van der Waals surface area contributed by atoms with E-state index >= 15 is 13.2 Å². The molecule has 0 saturated carbocycles. The van der Waals surface area contributed by atoms with Crippen LogP contribution in [0.2, 0.25) is 0 Å². The maximum absolute atomic E-state index is 15.9. The average molecular weight is 827 g/mol. The standard InChI is InChI=1S/C52H32F6N4/c1-59-39-18-7-5-16-35(39)47-43(59)24-22-33-31-14-3-9-20-41(31)61(49(33)47)45-27-37(29-12-11-13-30(26-29)51(53,54)55)38(52(56,57)58)28-46(45)62-42-21-10-4-15-32(42)34-23-25-44-48(50(34)62)36-17-6-8-19-40(36)60(44)2/h3-28H,1-2H3. The number of aryl methyl sites for hydroxylation is 2. The van der Waals surface area contributed by atoms with Gasteiger partial charge in [0.15, 0.2) is 0 Å². The first-order valence-electron chi connectivity index (χ1n) is 20.1. The number of rotatable bonds is 3. The third kappa shape index (κ3) is 4.91. The van der Waals surface area contributed by atoms with Crippen molar-refractivity contribution in [3.05, 3.63) is 169 Å². The van der Waals surface area contributed by atoms with Crippen molar-refractivity contribution >= 4 is 87.2 Å². The van der Waals surface area contributed by atoms with Crippen molar-refractivity contribution in [2.24, 2.45) is 14.1 Å². The van der Waals surface area contributed by atoms with E-state index in [0.717, 1.165) is 106 Å². The van der Waals surface area contributed by atoms with E-state index in [1.807, 2.05) is 132 Å². The molecule has 0 unspecified atom stereocenters. The van der Waals surface area contributed by atoms with Gasteiger partial charge in [-0.1, -0.05) is 97.1 Å². The summed E-state index contributed by atoms with van der Waals surface area (Å²) >= 11 is 0. The van der Waals surface area contributed by atoms with E-state index in [2.05, 4.69) is 21.3 Å². The minimum Gasteiger partial charge on any atom is -0.344 e. The van der Waals surface area contributed by atoms with Gasteiger partial charge in [0.05, 0.1) is 55.6 Å². The van der Waals surface area contributed by atoms with Gasteiger partial charge in [-0.25, -0.2) is 0 Å². The molecule has 0 aliphatic heterocycles. The second kappa shape index (κ2) is 12.5. The first-order valence-corrected chi connectivity index (χ1v) is 20.1. The number of hydrogen-bond acceptors (Lipinski definition) is 0. The first kappa shape index (κ1) is 36.4. The molecule has 0 N–H and O–H groups in total. The van der Waals surface area contributed by atoms with Gasteiger partial charge in [0, 0.05) is 68.2 Å². The van der Waals surface area contributed by atoms with E-state index in [9.17, 15) is 13.2 Å². The van der Waals surface area contributed by atoms with Crippen LogP contribution in [0.3, 0.4) is 0 Å². The van der Waals surface area contributed by atoms with E-state index in [-0.39, 0.29) is 16.8 Å². The van der Waals surface area contributed by atoms with Gasteiger partial charge >= 0.3 is 12.4 Å². The molecule has 8 aromatic carbocycles. The Labute approximate surface area is 348 Å². The van der Waals surface area contributed by atoms with Gasteiger partial charge in [0.25, 0.3) is 0 Å². The van der Waals surface area contributed by atoms with E-state index < -0.39 is 23.5 Å². The molecular weight excluding hydrogens is 795 g/mol. The highest BCUT2D eigenvalue weighted by Gasteiger charge is 2.37. The van der Waals surface area contributed by atoms with Crippen LogP contribution >= 0.6 is 0 Å². The molecule has 0 aliphatic carbocycles. The van der Waals surface area contributed by atoms with Crippen LogP contribution in [0.15, 0.2) is 158 Å². The molecule has 4 heterocycles. The summed E-state index contributed by atoms with van der Waals surface area (Å²) in [5.41, 5.74) is 4.60. The van der Waals surface area contributed by atoms with Gasteiger partial charge in [-0.2, -0.15) is 26.3 Å². The fourth-order valence-electron chi connectivity index (χ4n) is 10.2. The van der Waals surface area contributed by atoms with Crippen molar-refractivity contribution in [1.29, 1.82) is 0 Å². The monoisotopic (exact) mass is 826 g/mol. The molecule has 0 saturated heterocycles. The summed E-state index contributed by atoms with van der Waals surface area (Å²) < 4.78 is 98.8. The minimum atomic E-state index is -4.96. The lowest BCUT2D eigenvalue weighted by Gasteiger charge is -2.23. The van der Waals surface area contributed by atoms with E-state index in [0.29, 0.717) is 11.2 Å². The number of nitrogens with zero attached hydrogens (tertiary/aromatic N) is 4. The van der Waals surface area contributed by atoms with Gasteiger partial charge in [0.2, 0.25) is 0 Å². The molecule has 302 valence electrons. The summed E-state index contributed by atoms with van der Waals surface area (Å²) in [6, 6.07) is 46.4. The van der Waals surface area contributed by atoms with Gasteiger partial charge in [-0.3, -0.25) is 0 Å². The molecule has 10 heteroatoms. The van der Waals surface area contributed by atoms with E-state index in [1.165, 1.54) is 12.1 Å². The summed E-state index contributed by atoms with van der Waals surface area (Å²) in [5.74, 6) is 0. The highest BCUT2D eigenvalue weighted by Crippen LogP contribution is 2.48. The number of alkyl halides is 6. The molecule has 0 aliphatic rings. The summed E-state index contributed by atoms with van der Waals surface area (Å²) in [5, 5.41) is 7.13. The zero-order valence-corrected chi connectivity index (χ0v) is 33.1. The number of aromatic nitrogens is 4. The Morgan fingerprint density at radius 3 is 1.31 bits per heavy atom. The zero-order valence-electron chi connectivity index (χ0n) is 33.1. The lowest BCUT2D eigenvalue weighted by atomic mass is 9.95. The normalized spacial score (nSPS) is 12.8. The molecule has 0 amide bonds. The summed E-state index contributed by atoms with van der Waals surface area (Å²) in [6.07, 6.45) is -9.75. The lowest BCUT2D eigenvalue weighted by Crippen LogP contribution is -2.12. The van der Waals surface area contributed by atoms with Crippen LogP contribution in [-0.2, 0) is 26.4 Å². The Kier molecular flexibility index (Phi) is 7.36. The summed E-state index contributed by atoms with van der Waals surface area (Å²) in [7, 11) is 3.97. The largest absolute Gasteiger partial charge is 0.417 e. The fourth-order valence-corrected chi connectivity index (χ4v) is 10.2. The van der Waals surface area contributed by atoms with Crippen LogP contribution in [-0.4, -0.2) is 18.3 Å². The Balaban J connectivity index is 1.35. The summed E-state index contributed by atoms with van der Waals surface area (Å²) in [6.45, 7) is 0. The Morgan fingerprint density at radius 2 is 0.823 bits per heavy atom. The quantitative estimate of drug-likeness (QED) is 0.158. The van der Waals surface area contributed by atoms with E-state index in [4.69, 9.17) is 0 Å². The molecule has 0 atom stereocenters.